The van der Waals surface area contributed by atoms with Gasteiger partial charge in [-0.15, -0.1) is 24.0 Å². The summed E-state index contributed by atoms with van der Waals surface area (Å²) in [7, 11) is 1.85. The molecule has 0 aliphatic carbocycles. The number of guanidine groups is 1. The number of benzene rings is 1. The van der Waals surface area contributed by atoms with Crippen molar-refractivity contribution in [3.63, 3.8) is 0 Å². The number of likely N-dealkylation sites (tertiary alicyclic amines) is 1. The molecule has 24 heavy (non-hydrogen) atoms. The minimum Gasteiger partial charge on any atom is -0.356 e. The third-order valence-corrected chi connectivity index (χ3v) is 4.48. The maximum atomic E-state index is 4.35. The number of halogens is 1. The van der Waals surface area contributed by atoms with Crippen LogP contribution in [0.2, 0.25) is 0 Å². The van der Waals surface area contributed by atoms with Crippen LogP contribution >= 0.6 is 24.0 Å². The van der Waals surface area contributed by atoms with E-state index in [0.717, 1.165) is 32.0 Å². The predicted molar refractivity (Wildman–Crippen MR) is 114 cm³/mol. The SMILES string of the molecule is CN=C(NCC(C)C)NC1CCN(Cc2ccccc2)C(C)C1.I. The average Bonchev–Trinajstić information content (AvgIpc) is 2.54. The summed E-state index contributed by atoms with van der Waals surface area (Å²) in [5.74, 6) is 1.56. The third-order valence-electron chi connectivity index (χ3n) is 4.48. The summed E-state index contributed by atoms with van der Waals surface area (Å²) in [5, 5.41) is 7.00. The van der Waals surface area contributed by atoms with Gasteiger partial charge in [0, 0.05) is 38.8 Å². The average molecular weight is 444 g/mol. The fraction of sp³-hybridized carbons (Fsp3) is 0.632. The molecule has 0 saturated carbocycles. The van der Waals surface area contributed by atoms with E-state index in [4.69, 9.17) is 0 Å². The fourth-order valence-corrected chi connectivity index (χ4v) is 3.09. The maximum Gasteiger partial charge on any atom is 0.191 e. The van der Waals surface area contributed by atoms with Gasteiger partial charge in [0.1, 0.15) is 0 Å². The summed E-state index contributed by atoms with van der Waals surface area (Å²) in [5.41, 5.74) is 1.40. The lowest BCUT2D eigenvalue weighted by Gasteiger charge is -2.38. The van der Waals surface area contributed by atoms with Gasteiger partial charge >= 0.3 is 0 Å². The molecule has 4 nitrogen and oxygen atoms in total. The molecule has 1 aliphatic heterocycles. The number of hydrogen-bond acceptors (Lipinski definition) is 2. The normalized spacial score (nSPS) is 22.1. The van der Waals surface area contributed by atoms with Gasteiger partial charge in [-0.3, -0.25) is 9.89 Å². The first-order chi connectivity index (χ1) is 11.1. The first-order valence-electron chi connectivity index (χ1n) is 8.83. The Balaban J connectivity index is 0.00000288. The molecule has 1 heterocycles. The van der Waals surface area contributed by atoms with E-state index in [1.165, 1.54) is 12.0 Å². The van der Waals surface area contributed by atoms with E-state index >= 15 is 0 Å². The summed E-state index contributed by atoms with van der Waals surface area (Å²) in [6, 6.07) is 11.9. The smallest absolute Gasteiger partial charge is 0.191 e. The van der Waals surface area contributed by atoms with E-state index in [1.54, 1.807) is 0 Å². The molecule has 1 aromatic rings. The molecule has 0 amide bonds. The highest BCUT2D eigenvalue weighted by molar-refractivity contribution is 14.0. The zero-order valence-corrected chi connectivity index (χ0v) is 17.8. The van der Waals surface area contributed by atoms with Crippen molar-refractivity contribution >= 4 is 29.9 Å². The topological polar surface area (TPSA) is 39.7 Å². The number of rotatable bonds is 5. The van der Waals surface area contributed by atoms with Crippen molar-refractivity contribution in [2.75, 3.05) is 20.1 Å². The van der Waals surface area contributed by atoms with Gasteiger partial charge in [-0.05, 0) is 31.2 Å². The van der Waals surface area contributed by atoms with Gasteiger partial charge in [0.25, 0.3) is 0 Å². The monoisotopic (exact) mass is 444 g/mol. The van der Waals surface area contributed by atoms with Gasteiger partial charge in [-0.2, -0.15) is 0 Å². The number of piperidine rings is 1. The fourth-order valence-electron chi connectivity index (χ4n) is 3.09. The Bertz CT molecular complexity index is 489. The zero-order valence-electron chi connectivity index (χ0n) is 15.5. The number of nitrogens with zero attached hydrogens (tertiary/aromatic N) is 2. The van der Waals surface area contributed by atoms with E-state index in [9.17, 15) is 0 Å². The molecule has 2 rings (SSSR count). The Labute approximate surface area is 164 Å². The Morgan fingerprint density at radius 1 is 1.29 bits per heavy atom. The van der Waals surface area contributed by atoms with Crippen LogP contribution in [0.25, 0.3) is 0 Å². The molecule has 1 aliphatic rings. The van der Waals surface area contributed by atoms with Crippen LogP contribution in [-0.2, 0) is 6.54 Å². The van der Waals surface area contributed by atoms with E-state index in [0.29, 0.717) is 18.0 Å². The van der Waals surface area contributed by atoms with E-state index in [2.05, 4.69) is 71.6 Å². The summed E-state index contributed by atoms with van der Waals surface area (Å²) in [4.78, 5) is 6.93. The molecule has 1 saturated heterocycles. The molecule has 2 unspecified atom stereocenters. The second-order valence-corrected chi connectivity index (χ2v) is 7.02. The van der Waals surface area contributed by atoms with Crippen LogP contribution in [0.5, 0.6) is 0 Å². The second-order valence-electron chi connectivity index (χ2n) is 7.02. The molecule has 0 bridgehead atoms. The molecule has 5 heteroatoms. The largest absolute Gasteiger partial charge is 0.356 e. The zero-order chi connectivity index (χ0) is 16.7. The van der Waals surface area contributed by atoms with Crippen LogP contribution in [-0.4, -0.2) is 43.1 Å². The minimum absolute atomic E-state index is 0. The molecule has 2 N–H and O–H groups in total. The molecule has 2 atom stereocenters. The van der Waals surface area contributed by atoms with Gasteiger partial charge in [0.05, 0.1) is 0 Å². The molecule has 1 aromatic carbocycles. The molecule has 0 radical (unpaired) electrons. The number of nitrogens with one attached hydrogen (secondary N) is 2. The Morgan fingerprint density at radius 3 is 2.58 bits per heavy atom. The molecular weight excluding hydrogens is 411 g/mol. The summed E-state index contributed by atoms with van der Waals surface area (Å²) >= 11 is 0. The Morgan fingerprint density at radius 2 is 2.00 bits per heavy atom. The van der Waals surface area contributed by atoms with Crippen LogP contribution < -0.4 is 10.6 Å². The van der Waals surface area contributed by atoms with Gasteiger partial charge in [0.15, 0.2) is 5.96 Å². The maximum absolute atomic E-state index is 4.35. The van der Waals surface area contributed by atoms with Gasteiger partial charge in [-0.1, -0.05) is 44.2 Å². The highest BCUT2D eigenvalue weighted by Gasteiger charge is 2.25. The predicted octanol–water partition coefficient (Wildman–Crippen LogP) is 3.48. The summed E-state index contributed by atoms with van der Waals surface area (Å²) in [6.45, 7) is 9.90. The summed E-state index contributed by atoms with van der Waals surface area (Å²) in [6.07, 6.45) is 2.33. The van der Waals surface area contributed by atoms with Crippen molar-refractivity contribution in [2.24, 2.45) is 10.9 Å². The van der Waals surface area contributed by atoms with Crippen molar-refractivity contribution in [3.05, 3.63) is 35.9 Å². The van der Waals surface area contributed by atoms with Crippen molar-refractivity contribution in [2.45, 2.75) is 52.2 Å². The second kappa shape index (κ2) is 10.9. The van der Waals surface area contributed by atoms with Gasteiger partial charge in [0.2, 0.25) is 0 Å². The molecule has 0 aromatic heterocycles. The van der Waals surface area contributed by atoms with Crippen LogP contribution in [0, 0.1) is 5.92 Å². The van der Waals surface area contributed by atoms with E-state index in [-0.39, 0.29) is 24.0 Å². The molecule has 136 valence electrons. The van der Waals surface area contributed by atoms with Crippen LogP contribution in [0.1, 0.15) is 39.2 Å². The molecule has 0 spiro atoms. The number of aliphatic imine (C=N–C) groups is 1. The first kappa shape index (κ1) is 21.2. The quantitative estimate of drug-likeness (QED) is 0.415. The van der Waals surface area contributed by atoms with E-state index < -0.39 is 0 Å². The van der Waals surface area contributed by atoms with Crippen LogP contribution in [0.4, 0.5) is 0 Å². The highest BCUT2D eigenvalue weighted by Crippen LogP contribution is 2.19. The van der Waals surface area contributed by atoms with Crippen molar-refractivity contribution < 1.29 is 0 Å². The van der Waals surface area contributed by atoms with Crippen LogP contribution in [0.3, 0.4) is 0 Å². The molecule has 1 fully saturated rings. The standard InChI is InChI=1S/C19H32N4.HI/c1-15(2)13-21-19(20-4)22-18-10-11-23(16(3)12-18)14-17-8-6-5-7-9-17;/h5-9,15-16,18H,10-14H2,1-4H3,(H2,20,21,22);1H. The molecular formula is C19H33IN4. The van der Waals surface area contributed by atoms with Gasteiger partial charge < -0.3 is 10.6 Å². The summed E-state index contributed by atoms with van der Waals surface area (Å²) < 4.78 is 0. The van der Waals surface area contributed by atoms with E-state index in [1.807, 2.05) is 7.05 Å². The highest BCUT2D eigenvalue weighted by atomic mass is 127. The lowest BCUT2D eigenvalue weighted by molar-refractivity contribution is 0.134. The van der Waals surface area contributed by atoms with Crippen molar-refractivity contribution in [3.8, 4) is 0 Å². The Kier molecular flexibility index (Phi) is 9.66. The van der Waals surface area contributed by atoms with Crippen LogP contribution in [0.15, 0.2) is 35.3 Å². The first-order valence-corrected chi connectivity index (χ1v) is 8.83. The van der Waals surface area contributed by atoms with Crippen molar-refractivity contribution in [1.29, 1.82) is 0 Å². The van der Waals surface area contributed by atoms with Crippen molar-refractivity contribution in [1.82, 2.24) is 15.5 Å². The Hall–Kier alpha value is -0.820. The third kappa shape index (κ3) is 6.97. The lowest BCUT2D eigenvalue weighted by atomic mass is 9.97. The number of hydrogen-bond donors (Lipinski definition) is 2. The minimum atomic E-state index is 0. The van der Waals surface area contributed by atoms with Gasteiger partial charge in [-0.25, -0.2) is 0 Å². The lowest BCUT2D eigenvalue weighted by Crippen LogP contribution is -2.51.